The Morgan fingerprint density at radius 1 is 1.50 bits per heavy atom. The molecule has 1 aromatic heterocycles. The molecule has 3 heterocycles. The third-order valence-electron chi connectivity index (χ3n) is 4.91. The molecule has 0 bridgehead atoms. The molecule has 0 aliphatic carbocycles. The number of hydrogen-bond donors (Lipinski definition) is 1. The molecule has 122 valence electrons. The number of hydrogen-bond acceptors (Lipinski definition) is 4. The van der Waals surface area contributed by atoms with Crippen molar-refractivity contribution in [1.29, 1.82) is 0 Å². The van der Waals surface area contributed by atoms with Crippen molar-refractivity contribution in [2.24, 2.45) is 13.0 Å². The standard InChI is InChI=1S/C16H26N4O2/c1-4-13-10-22-11(2)8-20(13)16(21)15-7-17-6-14(15)12-5-18-19(3)9-12/h5,9,11,13-15,17H,4,6-8,10H2,1-3H3/t11?,13?,14-,15+/m1/s1. The SMILES string of the molecule is CCC1COC(C)CN1C(=O)[C@H]1CNC[C@@H]1c1cnn(C)c1. The van der Waals surface area contributed by atoms with Crippen LogP contribution in [0.25, 0.3) is 0 Å². The minimum absolute atomic E-state index is 0.00329. The molecule has 2 fully saturated rings. The van der Waals surface area contributed by atoms with Gasteiger partial charge in [0, 0.05) is 38.8 Å². The van der Waals surface area contributed by atoms with Gasteiger partial charge in [0.05, 0.1) is 30.9 Å². The highest BCUT2D eigenvalue weighted by molar-refractivity contribution is 5.81. The van der Waals surface area contributed by atoms with Crippen LogP contribution in [0.1, 0.15) is 31.7 Å². The number of ether oxygens (including phenoxy) is 1. The van der Waals surface area contributed by atoms with Gasteiger partial charge in [0.1, 0.15) is 0 Å². The van der Waals surface area contributed by atoms with Crippen molar-refractivity contribution < 1.29 is 9.53 Å². The van der Waals surface area contributed by atoms with Gasteiger partial charge in [0.2, 0.25) is 5.91 Å². The first-order chi connectivity index (χ1) is 10.6. The molecule has 3 rings (SSSR count). The highest BCUT2D eigenvalue weighted by Crippen LogP contribution is 2.31. The van der Waals surface area contributed by atoms with Crippen LogP contribution in [0.5, 0.6) is 0 Å². The summed E-state index contributed by atoms with van der Waals surface area (Å²) in [6, 6.07) is 0.207. The number of amides is 1. The van der Waals surface area contributed by atoms with E-state index in [1.165, 1.54) is 0 Å². The Kier molecular flexibility index (Phi) is 4.49. The van der Waals surface area contributed by atoms with Crippen LogP contribution in [-0.2, 0) is 16.6 Å². The second-order valence-electron chi connectivity index (χ2n) is 6.52. The molecule has 0 saturated carbocycles. The molecule has 1 aromatic rings. The predicted molar refractivity (Wildman–Crippen MR) is 83.5 cm³/mol. The molecule has 2 aliphatic rings. The zero-order chi connectivity index (χ0) is 15.7. The van der Waals surface area contributed by atoms with E-state index < -0.39 is 0 Å². The van der Waals surface area contributed by atoms with Crippen LogP contribution in [-0.4, -0.2) is 59.0 Å². The van der Waals surface area contributed by atoms with E-state index in [4.69, 9.17) is 4.74 Å². The van der Waals surface area contributed by atoms with Gasteiger partial charge < -0.3 is 15.0 Å². The Balaban J connectivity index is 1.77. The lowest BCUT2D eigenvalue weighted by Gasteiger charge is -2.40. The van der Waals surface area contributed by atoms with Crippen LogP contribution in [0.3, 0.4) is 0 Å². The lowest BCUT2D eigenvalue weighted by Crippen LogP contribution is -2.53. The van der Waals surface area contributed by atoms with Gasteiger partial charge in [-0.15, -0.1) is 0 Å². The van der Waals surface area contributed by atoms with Crippen LogP contribution in [0.15, 0.2) is 12.4 Å². The number of rotatable bonds is 3. The van der Waals surface area contributed by atoms with E-state index in [1.54, 1.807) is 4.68 Å². The molecule has 0 aromatic carbocycles. The van der Waals surface area contributed by atoms with Crippen molar-refractivity contribution in [2.45, 2.75) is 38.3 Å². The second kappa shape index (κ2) is 6.38. The fourth-order valence-corrected chi connectivity index (χ4v) is 3.59. The average Bonchev–Trinajstić information content (AvgIpc) is 3.14. The molecule has 0 spiro atoms. The van der Waals surface area contributed by atoms with Crippen molar-refractivity contribution in [2.75, 3.05) is 26.2 Å². The third kappa shape index (κ3) is 2.90. The smallest absolute Gasteiger partial charge is 0.228 e. The summed E-state index contributed by atoms with van der Waals surface area (Å²) < 4.78 is 7.52. The van der Waals surface area contributed by atoms with Gasteiger partial charge in [0.25, 0.3) is 0 Å². The average molecular weight is 306 g/mol. The van der Waals surface area contributed by atoms with Crippen LogP contribution in [0.4, 0.5) is 0 Å². The first-order valence-electron chi connectivity index (χ1n) is 8.21. The predicted octanol–water partition coefficient (Wildman–Crippen LogP) is 0.749. The minimum atomic E-state index is 0.00329. The molecule has 22 heavy (non-hydrogen) atoms. The Labute approximate surface area is 131 Å². The van der Waals surface area contributed by atoms with Gasteiger partial charge >= 0.3 is 0 Å². The first kappa shape index (κ1) is 15.5. The van der Waals surface area contributed by atoms with Gasteiger partial charge in [-0.25, -0.2) is 0 Å². The lowest BCUT2D eigenvalue weighted by molar-refractivity contribution is -0.148. The van der Waals surface area contributed by atoms with Gasteiger partial charge in [0.15, 0.2) is 0 Å². The fourth-order valence-electron chi connectivity index (χ4n) is 3.59. The summed E-state index contributed by atoms with van der Waals surface area (Å²) in [5.41, 5.74) is 1.15. The molecule has 0 radical (unpaired) electrons. The third-order valence-corrected chi connectivity index (χ3v) is 4.91. The molecule has 6 heteroatoms. The number of nitrogens with one attached hydrogen (secondary N) is 1. The number of aryl methyl sites for hydroxylation is 1. The Hall–Kier alpha value is -1.40. The Morgan fingerprint density at radius 3 is 3.00 bits per heavy atom. The van der Waals surface area contributed by atoms with E-state index >= 15 is 0 Å². The molecule has 1 amide bonds. The van der Waals surface area contributed by atoms with Gasteiger partial charge in [-0.05, 0) is 18.9 Å². The van der Waals surface area contributed by atoms with Crippen molar-refractivity contribution in [3.05, 3.63) is 18.0 Å². The van der Waals surface area contributed by atoms with E-state index in [2.05, 4.69) is 22.2 Å². The minimum Gasteiger partial charge on any atom is -0.375 e. The molecule has 6 nitrogen and oxygen atoms in total. The number of carbonyl (C=O) groups is 1. The summed E-state index contributed by atoms with van der Waals surface area (Å²) >= 11 is 0. The van der Waals surface area contributed by atoms with Crippen molar-refractivity contribution in [3.63, 3.8) is 0 Å². The maximum Gasteiger partial charge on any atom is 0.228 e. The molecular formula is C16H26N4O2. The summed E-state index contributed by atoms with van der Waals surface area (Å²) in [5.74, 6) is 0.487. The van der Waals surface area contributed by atoms with E-state index in [-0.39, 0.29) is 29.9 Å². The Bertz CT molecular complexity index is 530. The molecule has 2 unspecified atom stereocenters. The number of aromatic nitrogens is 2. The summed E-state index contributed by atoms with van der Waals surface area (Å²) in [6.07, 6.45) is 4.97. The summed E-state index contributed by atoms with van der Waals surface area (Å²) in [7, 11) is 1.92. The van der Waals surface area contributed by atoms with Crippen LogP contribution in [0.2, 0.25) is 0 Å². The summed E-state index contributed by atoms with van der Waals surface area (Å²) in [4.78, 5) is 15.2. The van der Waals surface area contributed by atoms with Gasteiger partial charge in [-0.3, -0.25) is 9.48 Å². The van der Waals surface area contributed by atoms with Crippen molar-refractivity contribution in [3.8, 4) is 0 Å². The normalized spacial score (nSPS) is 32.4. The van der Waals surface area contributed by atoms with Crippen LogP contribution in [0, 0.1) is 5.92 Å². The second-order valence-corrected chi connectivity index (χ2v) is 6.52. The van der Waals surface area contributed by atoms with E-state index in [1.807, 2.05) is 26.4 Å². The van der Waals surface area contributed by atoms with E-state index in [9.17, 15) is 4.79 Å². The number of nitrogens with zero attached hydrogens (tertiary/aromatic N) is 3. The summed E-state index contributed by atoms with van der Waals surface area (Å²) in [6.45, 7) is 7.11. The van der Waals surface area contributed by atoms with Gasteiger partial charge in [-0.1, -0.05) is 6.92 Å². The van der Waals surface area contributed by atoms with Crippen LogP contribution >= 0.6 is 0 Å². The molecule has 1 N–H and O–H groups in total. The Morgan fingerprint density at radius 2 is 2.32 bits per heavy atom. The summed E-state index contributed by atoms with van der Waals surface area (Å²) in [5, 5.41) is 7.63. The van der Waals surface area contributed by atoms with Gasteiger partial charge in [-0.2, -0.15) is 5.10 Å². The van der Waals surface area contributed by atoms with E-state index in [0.29, 0.717) is 13.2 Å². The monoisotopic (exact) mass is 306 g/mol. The largest absolute Gasteiger partial charge is 0.375 e. The number of carbonyl (C=O) groups excluding carboxylic acids is 1. The molecule has 4 atom stereocenters. The van der Waals surface area contributed by atoms with E-state index in [0.717, 1.165) is 25.1 Å². The van der Waals surface area contributed by atoms with Crippen molar-refractivity contribution in [1.82, 2.24) is 20.0 Å². The quantitative estimate of drug-likeness (QED) is 0.895. The maximum absolute atomic E-state index is 13.1. The zero-order valence-corrected chi connectivity index (χ0v) is 13.7. The molecule has 2 aliphatic heterocycles. The highest BCUT2D eigenvalue weighted by Gasteiger charge is 2.40. The topological polar surface area (TPSA) is 59.4 Å². The first-order valence-corrected chi connectivity index (χ1v) is 8.21. The fraction of sp³-hybridized carbons (Fsp3) is 0.750. The lowest BCUT2D eigenvalue weighted by atomic mass is 9.89. The molecular weight excluding hydrogens is 280 g/mol. The highest BCUT2D eigenvalue weighted by atomic mass is 16.5. The number of morpholine rings is 1. The zero-order valence-electron chi connectivity index (χ0n) is 13.7. The van der Waals surface area contributed by atoms with Crippen molar-refractivity contribution >= 4 is 5.91 Å². The molecule has 2 saturated heterocycles. The maximum atomic E-state index is 13.1. The van der Waals surface area contributed by atoms with Crippen LogP contribution < -0.4 is 5.32 Å².